The number of aromatic nitrogens is 2. The van der Waals surface area contributed by atoms with E-state index in [4.69, 9.17) is 0 Å². The number of ketones is 1. The molecular formula is C12H10BrN3O3. The number of nitrogens with zero attached hydrogens (tertiary/aromatic N) is 3. The van der Waals surface area contributed by atoms with E-state index >= 15 is 0 Å². The van der Waals surface area contributed by atoms with Crippen LogP contribution in [0, 0.1) is 10.1 Å². The zero-order valence-electron chi connectivity index (χ0n) is 9.99. The fourth-order valence-electron chi connectivity index (χ4n) is 1.61. The molecule has 6 nitrogen and oxygen atoms in total. The molecule has 0 fully saturated rings. The Hall–Kier alpha value is -2.02. The number of hydrogen-bond donors (Lipinski definition) is 0. The van der Waals surface area contributed by atoms with E-state index in [-0.39, 0.29) is 11.5 Å². The summed E-state index contributed by atoms with van der Waals surface area (Å²) in [7, 11) is 0. The average molecular weight is 324 g/mol. The third kappa shape index (κ3) is 2.87. The van der Waals surface area contributed by atoms with Crippen molar-refractivity contribution in [1.82, 2.24) is 9.78 Å². The van der Waals surface area contributed by atoms with Crippen molar-refractivity contribution in [2.45, 2.75) is 13.0 Å². The van der Waals surface area contributed by atoms with E-state index in [1.807, 2.05) is 0 Å². The molecule has 1 heterocycles. The molecule has 0 aliphatic heterocycles. The highest BCUT2D eigenvalue weighted by Gasteiger charge is 2.20. The first-order chi connectivity index (χ1) is 8.99. The topological polar surface area (TPSA) is 78.0 Å². The van der Waals surface area contributed by atoms with Crippen LogP contribution < -0.4 is 0 Å². The van der Waals surface area contributed by atoms with Crippen molar-refractivity contribution in [1.29, 1.82) is 0 Å². The summed E-state index contributed by atoms with van der Waals surface area (Å²) < 4.78 is 2.18. The maximum Gasteiger partial charge on any atom is 0.307 e. The summed E-state index contributed by atoms with van der Waals surface area (Å²) >= 11 is 3.29. The molecule has 2 rings (SSSR count). The molecule has 1 aromatic carbocycles. The maximum absolute atomic E-state index is 12.2. The van der Waals surface area contributed by atoms with E-state index in [0.29, 0.717) is 5.56 Å². The highest BCUT2D eigenvalue weighted by molar-refractivity contribution is 9.10. The molecule has 0 amide bonds. The quantitative estimate of drug-likeness (QED) is 0.492. The molecule has 0 saturated heterocycles. The Morgan fingerprint density at radius 3 is 2.58 bits per heavy atom. The minimum atomic E-state index is -0.588. The molecule has 2 aromatic rings. The van der Waals surface area contributed by atoms with Crippen LogP contribution in [0.4, 0.5) is 5.69 Å². The molecule has 1 aromatic heterocycles. The molecule has 0 radical (unpaired) electrons. The zero-order valence-corrected chi connectivity index (χ0v) is 11.6. The molecule has 0 saturated carbocycles. The van der Waals surface area contributed by atoms with Crippen molar-refractivity contribution in [3.05, 3.63) is 56.8 Å². The van der Waals surface area contributed by atoms with Crippen LogP contribution in [0.1, 0.15) is 23.3 Å². The van der Waals surface area contributed by atoms with Gasteiger partial charge in [0.25, 0.3) is 0 Å². The lowest BCUT2D eigenvalue weighted by Crippen LogP contribution is -2.17. The Labute approximate surface area is 117 Å². The van der Waals surface area contributed by atoms with Gasteiger partial charge in [-0.3, -0.25) is 19.6 Å². The van der Waals surface area contributed by atoms with Gasteiger partial charge in [-0.2, -0.15) is 5.10 Å². The van der Waals surface area contributed by atoms with Gasteiger partial charge in [-0.25, -0.2) is 0 Å². The van der Waals surface area contributed by atoms with Crippen LogP contribution >= 0.6 is 15.9 Å². The van der Waals surface area contributed by atoms with Gasteiger partial charge in [-0.1, -0.05) is 28.1 Å². The second-order valence-electron chi connectivity index (χ2n) is 3.98. The minimum absolute atomic E-state index is 0.129. The molecular weight excluding hydrogens is 314 g/mol. The van der Waals surface area contributed by atoms with E-state index in [1.54, 1.807) is 31.2 Å². The van der Waals surface area contributed by atoms with Crippen molar-refractivity contribution in [3.8, 4) is 0 Å². The van der Waals surface area contributed by atoms with Crippen LogP contribution in [0.5, 0.6) is 0 Å². The summed E-state index contributed by atoms with van der Waals surface area (Å²) in [5.74, 6) is -0.148. The number of hydrogen-bond acceptors (Lipinski definition) is 4. The molecule has 0 spiro atoms. The van der Waals surface area contributed by atoms with Crippen LogP contribution in [-0.4, -0.2) is 20.5 Å². The Morgan fingerprint density at radius 1 is 1.42 bits per heavy atom. The molecule has 0 aliphatic rings. The van der Waals surface area contributed by atoms with E-state index in [9.17, 15) is 14.9 Å². The lowest BCUT2D eigenvalue weighted by atomic mass is 10.1. The molecule has 98 valence electrons. The monoisotopic (exact) mass is 323 g/mol. The smallest absolute Gasteiger partial charge is 0.292 e. The van der Waals surface area contributed by atoms with Crippen molar-refractivity contribution in [2.75, 3.05) is 0 Å². The summed E-state index contributed by atoms with van der Waals surface area (Å²) in [6.45, 7) is 1.65. The molecule has 1 unspecified atom stereocenters. The number of benzene rings is 1. The van der Waals surface area contributed by atoms with Crippen molar-refractivity contribution >= 4 is 27.4 Å². The Morgan fingerprint density at radius 2 is 2.05 bits per heavy atom. The van der Waals surface area contributed by atoms with Crippen LogP contribution in [0.3, 0.4) is 0 Å². The Balaban J connectivity index is 2.22. The number of Topliss-reactive ketones (excluding diaryl/α,β-unsaturated/α-hetero) is 1. The predicted molar refractivity (Wildman–Crippen MR) is 72.1 cm³/mol. The van der Waals surface area contributed by atoms with Crippen LogP contribution in [-0.2, 0) is 0 Å². The van der Waals surface area contributed by atoms with Gasteiger partial charge in [-0.05, 0) is 19.1 Å². The normalized spacial score (nSPS) is 12.1. The molecule has 7 heteroatoms. The highest BCUT2D eigenvalue weighted by Crippen LogP contribution is 2.18. The molecule has 1 atom stereocenters. The van der Waals surface area contributed by atoms with Crippen LogP contribution in [0.25, 0.3) is 0 Å². The number of carbonyl (C=O) groups excluding carboxylic acids is 1. The molecule has 0 aliphatic carbocycles. The number of carbonyl (C=O) groups is 1. The standard InChI is InChI=1S/C12H10BrN3O3/c1-8(15-7-11(6-14-15)16(18)19)12(17)9-2-4-10(13)5-3-9/h2-8H,1H3. The van der Waals surface area contributed by atoms with Gasteiger partial charge < -0.3 is 0 Å². The Bertz CT molecular complexity index is 621. The minimum Gasteiger partial charge on any atom is -0.292 e. The second-order valence-corrected chi connectivity index (χ2v) is 4.90. The Kier molecular flexibility index (Phi) is 3.75. The van der Waals surface area contributed by atoms with Crippen molar-refractivity contribution in [2.24, 2.45) is 0 Å². The lowest BCUT2D eigenvalue weighted by Gasteiger charge is -2.10. The van der Waals surface area contributed by atoms with Crippen molar-refractivity contribution < 1.29 is 9.72 Å². The first-order valence-corrected chi connectivity index (χ1v) is 6.26. The first kappa shape index (κ1) is 13.4. The van der Waals surface area contributed by atoms with Crippen molar-refractivity contribution in [3.63, 3.8) is 0 Å². The summed E-state index contributed by atoms with van der Waals surface area (Å²) in [6, 6.07) is 6.34. The van der Waals surface area contributed by atoms with E-state index in [2.05, 4.69) is 21.0 Å². The molecule has 19 heavy (non-hydrogen) atoms. The molecule has 0 N–H and O–H groups in total. The van der Waals surface area contributed by atoms with Crippen LogP contribution in [0.15, 0.2) is 41.1 Å². The van der Waals surface area contributed by atoms with Gasteiger partial charge in [0.15, 0.2) is 5.78 Å². The first-order valence-electron chi connectivity index (χ1n) is 5.47. The van der Waals surface area contributed by atoms with Gasteiger partial charge >= 0.3 is 5.69 Å². The molecule has 0 bridgehead atoms. The summed E-state index contributed by atoms with van der Waals surface area (Å²) in [5, 5.41) is 14.4. The number of halogens is 1. The largest absolute Gasteiger partial charge is 0.307 e. The lowest BCUT2D eigenvalue weighted by molar-refractivity contribution is -0.385. The third-order valence-corrected chi connectivity index (χ3v) is 3.23. The fourth-order valence-corrected chi connectivity index (χ4v) is 1.87. The van der Waals surface area contributed by atoms with E-state index in [1.165, 1.54) is 10.9 Å². The van der Waals surface area contributed by atoms with Gasteiger partial charge in [0, 0.05) is 10.0 Å². The van der Waals surface area contributed by atoms with Gasteiger partial charge in [0.05, 0.1) is 4.92 Å². The van der Waals surface area contributed by atoms with Crippen LogP contribution in [0.2, 0.25) is 0 Å². The van der Waals surface area contributed by atoms with Gasteiger partial charge in [0.1, 0.15) is 18.4 Å². The summed E-state index contributed by atoms with van der Waals surface area (Å²) in [6.07, 6.45) is 2.38. The fraction of sp³-hybridized carbons (Fsp3) is 0.167. The number of rotatable bonds is 4. The van der Waals surface area contributed by atoms with Gasteiger partial charge in [-0.15, -0.1) is 0 Å². The third-order valence-electron chi connectivity index (χ3n) is 2.70. The van der Waals surface area contributed by atoms with E-state index < -0.39 is 11.0 Å². The second kappa shape index (κ2) is 5.31. The van der Waals surface area contributed by atoms with E-state index in [0.717, 1.165) is 10.7 Å². The summed E-state index contributed by atoms with van der Waals surface area (Å²) in [4.78, 5) is 22.2. The predicted octanol–water partition coefficient (Wildman–Crippen LogP) is 3.00. The summed E-state index contributed by atoms with van der Waals surface area (Å²) in [5.41, 5.74) is 0.407. The maximum atomic E-state index is 12.2. The highest BCUT2D eigenvalue weighted by atomic mass is 79.9. The number of nitro groups is 1. The average Bonchev–Trinajstić information content (AvgIpc) is 2.87. The zero-order chi connectivity index (χ0) is 14.0. The SMILES string of the molecule is CC(C(=O)c1ccc(Br)cc1)n1cc([N+](=O)[O-])cn1. The van der Waals surface area contributed by atoms with Gasteiger partial charge in [0.2, 0.25) is 0 Å².